The van der Waals surface area contributed by atoms with E-state index < -0.39 is 0 Å². The number of hydrogen-bond acceptors (Lipinski definition) is 2. The number of benzene rings is 1. The van der Waals surface area contributed by atoms with Crippen molar-refractivity contribution in [3.05, 3.63) is 47.0 Å². The molecule has 2 nitrogen and oxygen atoms in total. The van der Waals surface area contributed by atoms with Crippen molar-refractivity contribution >= 4 is 0 Å². The number of piperidine rings is 1. The summed E-state index contributed by atoms with van der Waals surface area (Å²) in [6.07, 6.45) is 4.85. The minimum Gasteiger partial charge on any atom is -0.307 e. The van der Waals surface area contributed by atoms with Crippen LogP contribution in [0.1, 0.15) is 50.8 Å². The maximum Gasteiger partial charge on any atom is 0.0294 e. The van der Waals surface area contributed by atoms with E-state index in [1.807, 2.05) is 0 Å². The van der Waals surface area contributed by atoms with Crippen LogP contribution in [0.4, 0.5) is 0 Å². The Morgan fingerprint density at radius 1 is 1.24 bits per heavy atom. The van der Waals surface area contributed by atoms with Gasteiger partial charge in [0, 0.05) is 18.6 Å². The Morgan fingerprint density at radius 2 is 1.86 bits per heavy atom. The number of hydrogen-bond donors (Lipinski definition) is 1. The van der Waals surface area contributed by atoms with Crippen LogP contribution in [0, 0.1) is 6.92 Å². The van der Waals surface area contributed by atoms with Crippen LogP contribution in [0.5, 0.6) is 0 Å². The summed E-state index contributed by atoms with van der Waals surface area (Å²) in [5, 5.41) is 3.80. The molecule has 0 amide bonds. The van der Waals surface area contributed by atoms with Crippen molar-refractivity contribution in [2.24, 2.45) is 0 Å². The van der Waals surface area contributed by atoms with Crippen LogP contribution < -0.4 is 5.32 Å². The highest BCUT2D eigenvalue weighted by Crippen LogP contribution is 2.18. The zero-order chi connectivity index (χ0) is 15.2. The van der Waals surface area contributed by atoms with Crippen LogP contribution >= 0.6 is 0 Å². The first-order valence-electron chi connectivity index (χ1n) is 8.23. The van der Waals surface area contributed by atoms with E-state index in [4.69, 9.17) is 0 Å². The molecule has 1 saturated heterocycles. The van der Waals surface area contributed by atoms with E-state index in [-0.39, 0.29) is 0 Å². The van der Waals surface area contributed by atoms with E-state index in [0.29, 0.717) is 12.1 Å². The van der Waals surface area contributed by atoms with Gasteiger partial charge in [0.25, 0.3) is 0 Å². The standard InChI is InChI=1S/C19H30N2/c1-15(2)9-12-21-13-10-19(11-14-21)20-17(4)18-7-5-16(3)6-8-18/h5-9,17,19-20H,10-14H2,1-4H3. The Hall–Kier alpha value is -1.12. The van der Waals surface area contributed by atoms with Crippen molar-refractivity contribution in [2.45, 2.75) is 52.6 Å². The Labute approximate surface area is 130 Å². The Bertz CT molecular complexity index is 449. The number of allylic oxidation sites excluding steroid dienone is 1. The van der Waals surface area contributed by atoms with Gasteiger partial charge in [-0.2, -0.15) is 0 Å². The van der Waals surface area contributed by atoms with Crippen molar-refractivity contribution in [1.82, 2.24) is 10.2 Å². The minimum atomic E-state index is 0.444. The summed E-state index contributed by atoms with van der Waals surface area (Å²) in [5.74, 6) is 0. The van der Waals surface area contributed by atoms with E-state index in [1.54, 1.807) is 0 Å². The average molecular weight is 286 g/mol. The predicted molar refractivity (Wildman–Crippen MR) is 91.6 cm³/mol. The molecule has 21 heavy (non-hydrogen) atoms. The van der Waals surface area contributed by atoms with Gasteiger partial charge in [-0.25, -0.2) is 0 Å². The Kier molecular flexibility index (Phi) is 6.01. The summed E-state index contributed by atoms with van der Waals surface area (Å²) < 4.78 is 0. The molecule has 116 valence electrons. The van der Waals surface area contributed by atoms with Gasteiger partial charge in [-0.05, 0) is 59.2 Å². The first kappa shape index (κ1) is 16.3. The van der Waals surface area contributed by atoms with Crippen molar-refractivity contribution in [3.8, 4) is 0 Å². The zero-order valence-corrected chi connectivity index (χ0v) is 14.0. The van der Waals surface area contributed by atoms with Gasteiger partial charge < -0.3 is 5.32 Å². The van der Waals surface area contributed by atoms with E-state index >= 15 is 0 Å². The van der Waals surface area contributed by atoms with Crippen molar-refractivity contribution in [1.29, 1.82) is 0 Å². The molecule has 0 aromatic heterocycles. The largest absolute Gasteiger partial charge is 0.307 e. The van der Waals surface area contributed by atoms with Crippen LogP contribution in [0.3, 0.4) is 0 Å². The third kappa shape index (κ3) is 5.29. The summed E-state index contributed by atoms with van der Waals surface area (Å²) in [6, 6.07) is 10.0. The third-order valence-electron chi connectivity index (χ3n) is 4.41. The highest BCUT2D eigenvalue weighted by atomic mass is 15.1. The molecule has 1 N–H and O–H groups in total. The molecule has 0 bridgehead atoms. The molecule has 2 rings (SSSR count). The zero-order valence-electron chi connectivity index (χ0n) is 14.0. The van der Waals surface area contributed by atoms with Gasteiger partial charge in [-0.15, -0.1) is 0 Å². The van der Waals surface area contributed by atoms with E-state index in [1.165, 1.54) is 42.6 Å². The fourth-order valence-electron chi connectivity index (χ4n) is 2.90. The van der Waals surface area contributed by atoms with Crippen LogP contribution in [-0.2, 0) is 0 Å². The molecule has 2 heteroatoms. The molecule has 1 fully saturated rings. The fraction of sp³-hybridized carbons (Fsp3) is 0.579. The van der Waals surface area contributed by atoms with E-state index in [0.717, 1.165) is 6.54 Å². The third-order valence-corrected chi connectivity index (χ3v) is 4.41. The van der Waals surface area contributed by atoms with Gasteiger partial charge >= 0.3 is 0 Å². The van der Waals surface area contributed by atoms with Crippen molar-refractivity contribution in [2.75, 3.05) is 19.6 Å². The summed E-state index contributed by atoms with van der Waals surface area (Å²) >= 11 is 0. The molecular formula is C19H30N2. The lowest BCUT2D eigenvalue weighted by Gasteiger charge is -2.33. The smallest absolute Gasteiger partial charge is 0.0294 e. The van der Waals surface area contributed by atoms with E-state index in [9.17, 15) is 0 Å². The van der Waals surface area contributed by atoms with Gasteiger partial charge in [0.05, 0.1) is 0 Å². The lowest BCUT2D eigenvalue weighted by atomic mass is 10.0. The molecule has 1 aromatic carbocycles. The maximum absolute atomic E-state index is 3.80. The van der Waals surface area contributed by atoms with Crippen LogP contribution in [0.15, 0.2) is 35.9 Å². The number of nitrogens with one attached hydrogen (secondary N) is 1. The summed E-state index contributed by atoms with van der Waals surface area (Å²) in [7, 11) is 0. The first-order chi connectivity index (χ1) is 10.0. The summed E-state index contributed by atoms with van der Waals surface area (Å²) in [4.78, 5) is 2.56. The Balaban J connectivity index is 1.78. The molecular weight excluding hydrogens is 256 g/mol. The monoisotopic (exact) mass is 286 g/mol. The van der Waals surface area contributed by atoms with Crippen LogP contribution in [-0.4, -0.2) is 30.6 Å². The van der Waals surface area contributed by atoms with Crippen LogP contribution in [0.25, 0.3) is 0 Å². The van der Waals surface area contributed by atoms with Crippen molar-refractivity contribution in [3.63, 3.8) is 0 Å². The van der Waals surface area contributed by atoms with Gasteiger partial charge in [0.1, 0.15) is 0 Å². The topological polar surface area (TPSA) is 15.3 Å². The van der Waals surface area contributed by atoms with Gasteiger partial charge in [-0.3, -0.25) is 4.90 Å². The number of rotatable bonds is 5. The number of aryl methyl sites for hydroxylation is 1. The molecule has 1 aliphatic heterocycles. The maximum atomic E-state index is 3.80. The lowest BCUT2D eigenvalue weighted by molar-refractivity contribution is 0.208. The fourth-order valence-corrected chi connectivity index (χ4v) is 2.90. The molecule has 1 aliphatic rings. The SMILES string of the molecule is CC(C)=CCN1CCC(NC(C)c2ccc(C)cc2)CC1. The van der Waals surface area contributed by atoms with Crippen molar-refractivity contribution < 1.29 is 0 Å². The molecule has 1 unspecified atom stereocenters. The highest BCUT2D eigenvalue weighted by Gasteiger charge is 2.20. The minimum absolute atomic E-state index is 0.444. The lowest BCUT2D eigenvalue weighted by Crippen LogP contribution is -2.43. The normalized spacial score (nSPS) is 18.5. The van der Waals surface area contributed by atoms with E-state index in [2.05, 4.69) is 68.3 Å². The number of likely N-dealkylation sites (tertiary alicyclic amines) is 1. The van der Waals surface area contributed by atoms with Crippen LogP contribution in [0.2, 0.25) is 0 Å². The molecule has 1 aromatic rings. The Morgan fingerprint density at radius 3 is 2.43 bits per heavy atom. The first-order valence-corrected chi connectivity index (χ1v) is 8.23. The number of nitrogens with zero attached hydrogens (tertiary/aromatic N) is 1. The second kappa shape index (κ2) is 7.77. The van der Waals surface area contributed by atoms with Gasteiger partial charge in [0.2, 0.25) is 0 Å². The average Bonchev–Trinajstić information content (AvgIpc) is 2.47. The quantitative estimate of drug-likeness (QED) is 0.821. The second-order valence-electron chi connectivity index (χ2n) is 6.66. The molecule has 0 aliphatic carbocycles. The summed E-state index contributed by atoms with van der Waals surface area (Å²) in [5.41, 5.74) is 4.15. The summed E-state index contributed by atoms with van der Waals surface area (Å²) in [6.45, 7) is 12.3. The van der Waals surface area contributed by atoms with Gasteiger partial charge in [-0.1, -0.05) is 41.5 Å². The van der Waals surface area contributed by atoms with Gasteiger partial charge in [0.15, 0.2) is 0 Å². The molecule has 1 atom stereocenters. The highest BCUT2D eigenvalue weighted by molar-refractivity contribution is 5.23. The molecule has 0 radical (unpaired) electrons. The predicted octanol–water partition coefficient (Wildman–Crippen LogP) is 4.08. The molecule has 0 saturated carbocycles. The molecule has 0 spiro atoms. The molecule has 1 heterocycles. The second-order valence-corrected chi connectivity index (χ2v) is 6.66.